The fourth-order valence-electron chi connectivity index (χ4n) is 0.203. The summed E-state index contributed by atoms with van der Waals surface area (Å²) in [4.78, 5) is 0. The molecule has 1 aromatic heterocycles. The quantitative estimate of drug-likeness (QED) is 0.425. The molecule has 0 aliphatic heterocycles. The average Bonchev–Trinajstić information content (AvgIpc) is 2.14. The molecule has 0 N–H and O–H groups in total. The van der Waals surface area contributed by atoms with Crippen LogP contribution in [0.4, 0.5) is 0 Å². The second-order valence-electron chi connectivity index (χ2n) is 0.796. The highest BCUT2D eigenvalue weighted by Gasteiger charge is 1.91. The smallest absolute Gasteiger partial charge is 0.396 e. The molecule has 38 valence electrons. The Morgan fingerprint density at radius 2 is 2.71 bits per heavy atom. The molecule has 1 aromatic rings. The van der Waals surface area contributed by atoms with Crippen LogP contribution in [0.5, 0.6) is 6.08 Å². The van der Waals surface area contributed by atoms with Crippen LogP contribution in [0.3, 0.4) is 0 Å². The number of hydrogen-bond donors (Lipinski definition) is 1. The molecule has 0 fully saturated rings. The van der Waals surface area contributed by atoms with E-state index in [1.807, 2.05) is 0 Å². The zero-order chi connectivity index (χ0) is 5.11. The van der Waals surface area contributed by atoms with Gasteiger partial charge in [0.1, 0.15) is 0 Å². The van der Waals surface area contributed by atoms with Crippen LogP contribution in [0.2, 0.25) is 0 Å². The Kier molecular flexibility index (Phi) is 1.16. The molecular weight excluding hydrogens is 116 g/mol. The molecule has 1 rings (SSSR count). The van der Waals surface area contributed by atoms with Crippen molar-refractivity contribution in [2.24, 2.45) is 0 Å². The van der Waals surface area contributed by atoms with Gasteiger partial charge in [-0.25, -0.2) is 0 Å². The summed E-state index contributed by atoms with van der Waals surface area (Å²) in [5.41, 5.74) is 0. The lowest BCUT2D eigenvalue weighted by molar-refractivity contribution is 0.409. The summed E-state index contributed by atoms with van der Waals surface area (Å²) in [5.74, 6) is 0. The van der Waals surface area contributed by atoms with Gasteiger partial charge in [0, 0.05) is 12.9 Å². The van der Waals surface area contributed by atoms with E-state index in [0.717, 1.165) is 6.39 Å². The van der Waals surface area contributed by atoms with E-state index in [4.69, 9.17) is 0 Å². The Morgan fingerprint density at radius 1 is 1.86 bits per heavy atom. The highest BCUT2D eigenvalue weighted by molar-refractivity contribution is 7.75. The SMILES string of the molecule is SOc1nnco1. The number of aromatic nitrogens is 2. The minimum atomic E-state index is 0.0586. The number of hydrogen-bond acceptors (Lipinski definition) is 5. The van der Waals surface area contributed by atoms with Gasteiger partial charge in [-0.3, -0.25) is 0 Å². The van der Waals surface area contributed by atoms with E-state index in [9.17, 15) is 0 Å². The molecular formula is C2H2N2O2S. The first-order valence-corrected chi connectivity index (χ1v) is 1.87. The summed E-state index contributed by atoms with van der Waals surface area (Å²) in [6, 6.07) is 0. The highest BCUT2D eigenvalue weighted by Crippen LogP contribution is 2.01. The molecule has 0 saturated carbocycles. The van der Waals surface area contributed by atoms with Crippen LogP contribution in [0, 0.1) is 0 Å². The van der Waals surface area contributed by atoms with Gasteiger partial charge in [0.15, 0.2) is 0 Å². The topological polar surface area (TPSA) is 48.2 Å². The lowest BCUT2D eigenvalue weighted by Crippen LogP contribution is -1.71. The molecule has 0 amide bonds. The van der Waals surface area contributed by atoms with Crippen LogP contribution in [-0.4, -0.2) is 10.2 Å². The first-order valence-electron chi connectivity index (χ1n) is 1.51. The van der Waals surface area contributed by atoms with E-state index in [-0.39, 0.29) is 6.08 Å². The summed E-state index contributed by atoms with van der Waals surface area (Å²) >= 11 is 3.38. The van der Waals surface area contributed by atoms with Gasteiger partial charge in [-0.2, -0.15) is 0 Å². The van der Waals surface area contributed by atoms with Crippen molar-refractivity contribution in [1.29, 1.82) is 0 Å². The molecule has 0 bridgehead atoms. The van der Waals surface area contributed by atoms with Crippen molar-refractivity contribution in [1.82, 2.24) is 10.2 Å². The molecule has 7 heavy (non-hydrogen) atoms. The van der Waals surface area contributed by atoms with Gasteiger partial charge in [-0.15, -0.1) is 5.10 Å². The summed E-state index contributed by atoms with van der Waals surface area (Å²) < 4.78 is 8.67. The van der Waals surface area contributed by atoms with Gasteiger partial charge in [0.05, 0.1) is 0 Å². The summed E-state index contributed by atoms with van der Waals surface area (Å²) in [6.07, 6.45) is 1.22. The van der Waals surface area contributed by atoms with Gasteiger partial charge in [0.25, 0.3) is 0 Å². The first kappa shape index (κ1) is 4.45. The van der Waals surface area contributed by atoms with Crippen LogP contribution in [0.1, 0.15) is 0 Å². The van der Waals surface area contributed by atoms with Crippen molar-refractivity contribution in [3.63, 3.8) is 0 Å². The maximum atomic E-state index is 4.46. The largest absolute Gasteiger partial charge is 0.426 e. The Balaban J connectivity index is 2.76. The van der Waals surface area contributed by atoms with Crippen molar-refractivity contribution in [3.8, 4) is 6.08 Å². The summed E-state index contributed by atoms with van der Waals surface area (Å²) in [6.45, 7) is 0. The van der Waals surface area contributed by atoms with Gasteiger partial charge in [-0.1, -0.05) is 5.10 Å². The second-order valence-corrected chi connectivity index (χ2v) is 0.978. The van der Waals surface area contributed by atoms with Crippen molar-refractivity contribution in [2.75, 3.05) is 0 Å². The van der Waals surface area contributed by atoms with Gasteiger partial charge < -0.3 is 8.60 Å². The zero-order valence-corrected chi connectivity index (χ0v) is 4.13. The van der Waals surface area contributed by atoms with E-state index in [1.54, 1.807) is 0 Å². The Labute approximate surface area is 45.1 Å². The van der Waals surface area contributed by atoms with Crippen molar-refractivity contribution in [3.05, 3.63) is 6.39 Å². The molecule has 0 atom stereocenters. The predicted octanol–water partition coefficient (Wildman–Crippen LogP) is 0.293. The van der Waals surface area contributed by atoms with Crippen molar-refractivity contribution in [2.45, 2.75) is 0 Å². The molecule has 0 unspecified atom stereocenters. The van der Waals surface area contributed by atoms with Gasteiger partial charge in [-0.05, 0) is 0 Å². The minimum absolute atomic E-state index is 0.0586. The Hall–Kier alpha value is -0.710. The molecule has 0 aromatic carbocycles. The average molecular weight is 118 g/mol. The van der Waals surface area contributed by atoms with Crippen molar-refractivity contribution < 1.29 is 8.60 Å². The molecule has 5 heteroatoms. The molecule has 1 heterocycles. The lowest BCUT2D eigenvalue weighted by Gasteiger charge is -1.78. The fourth-order valence-corrected chi connectivity index (χ4v) is 0.282. The standard InChI is InChI=1S/C2H2N2O2S/c7-6-2-4-3-1-5-2/h1,7H. The van der Waals surface area contributed by atoms with E-state index >= 15 is 0 Å². The number of thiol groups is 1. The molecule has 0 saturated heterocycles. The maximum absolute atomic E-state index is 4.46. The van der Waals surface area contributed by atoms with E-state index in [1.165, 1.54) is 0 Å². The fraction of sp³-hybridized carbons (Fsp3) is 0. The molecule has 4 nitrogen and oxygen atoms in total. The van der Waals surface area contributed by atoms with Crippen LogP contribution in [-0.2, 0) is 0 Å². The van der Waals surface area contributed by atoms with Crippen LogP contribution < -0.4 is 4.18 Å². The second kappa shape index (κ2) is 1.83. The Morgan fingerprint density at radius 3 is 3.00 bits per heavy atom. The summed E-state index contributed by atoms with van der Waals surface area (Å²) in [7, 11) is 0. The van der Waals surface area contributed by atoms with Crippen LogP contribution in [0.15, 0.2) is 10.8 Å². The van der Waals surface area contributed by atoms with E-state index in [0.29, 0.717) is 0 Å². The third-order valence-corrected chi connectivity index (χ3v) is 0.574. The monoisotopic (exact) mass is 118 g/mol. The molecule has 0 radical (unpaired) electrons. The van der Waals surface area contributed by atoms with E-state index in [2.05, 4.69) is 31.7 Å². The molecule has 0 aliphatic carbocycles. The van der Waals surface area contributed by atoms with E-state index < -0.39 is 0 Å². The lowest BCUT2D eigenvalue weighted by atomic mass is 11.4. The third-order valence-electron chi connectivity index (χ3n) is 0.418. The highest BCUT2D eigenvalue weighted by atomic mass is 32.1. The normalized spacial score (nSPS) is 8.71. The third kappa shape index (κ3) is 0.833. The van der Waals surface area contributed by atoms with Gasteiger partial charge in [0.2, 0.25) is 6.39 Å². The van der Waals surface area contributed by atoms with Crippen LogP contribution in [0.25, 0.3) is 0 Å². The predicted molar refractivity (Wildman–Crippen MR) is 23.9 cm³/mol. The van der Waals surface area contributed by atoms with Gasteiger partial charge >= 0.3 is 6.08 Å². The number of rotatable bonds is 1. The first-order chi connectivity index (χ1) is 3.43. The van der Waals surface area contributed by atoms with Crippen molar-refractivity contribution >= 4 is 12.9 Å². The van der Waals surface area contributed by atoms with Crippen LogP contribution >= 0.6 is 12.9 Å². The minimum Gasteiger partial charge on any atom is -0.396 e. The molecule has 0 spiro atoms. The maximum Gasteiger partial charge on any atom is 0.426 e. The molecule has 0 aliphatic rings. The zero-order valence-electron chi connectivity index (χ0n) is 3.24. The Bertz CT molecular complexity index is 128. The number of nitrogens with zero attached hydrogens (tertiary/aromatic N) is 2. The summed E-state index contributed by atoms with van der Waals surface area (Å²) in [5, 5.41) is 6.62.